The Balaban J connectivity index is 2.03. The van der Waals surface area contributed by atoms with Gasteiger partial charge in [-0.25, -0.2) is 4.79 Å². The molecule has 120 valence electrons. The predicted molar refractivity (Wildman–Crippen MR) is 92.2 cm³/mol. The second-order valence-corrected chi connectivity index (χ2v) is 5.27. The fourth-order valence-electron chi connectivity index (χ4n) is 2.24. The number of carbonyl (C=O) groups excluding carboxylic acids is 1. The van der Waals surface area contributed by atoms with Gasteiger partial charge >= 0.3 is 5.97 Å². The van der Waals surface area contributed by atoms with Crippen molar-refractivity contribution in [3.05, 3.63) is 71.8 Å². The average molecular weight is 310 g/mol. The molecule has 0 amide bonds. The van der Waals surface area contributed by atoms with Crippen LogP contribution in [0.3, 0.4) is 0 Å². The third kappa shape index (κ3) is 4.99. The lowest BCUT2D eigenvalue weighted by Crippen LogP contribution is -2.02. The van der Waals surface area contributed by atoms with E-state index in [0.717, 1.165) is 22.4 Å². The molecule has 0 aliphatic heterocycles. The number of ether oxygens (including phenoxy) is 2. The Hall–Kier alpha value is -2.55. The molecule has 2 aromatic carbocycles. The SMILES string of the molecule is CCOC(=O)/C=C(\C)c1ccc(O[C@H](C)c2ccccc2)cc1. The summed E-state index contributed by atoms with van der Waals surface area (Å²) in [6.45, 7) is 6.09. The van der Waals surface area contributed by atoms with E-state index in [9.17, 15) is 4.79 Å². The summed E-state index contributed by atoms with van der Waals surface area (Å²) in [7, 11) is 0. The highest BCUT2D eigenvalue weighted by molar-refractivity contribution is 5.90. The molecule has 2 aromatic rings. The fraction of sp³-hybridized carbons (Fsp3) is 0.250. The summed E-state index contributed by atoms with van der Waals surface area (Å²) in [6, 6.07) is 17.8. The van der Waals surface area contributed by atoms with Crippen LogP contribution in [-0.4, -0.2) is 12.6 Å². The van der Waals surface area contributed by atoms with Crippen LogP contribution in [0.4, 0.5) is 0 Å². The monoisotopic (exact) mass is 310 g/mol. The van der Waals surface area contributed by atoms with Gasteiger partial charge in [-0.05, 0) is 49.6 Å². The molecular formula is C20H22O3. The lowest BCUT2D eigenvalue weighted by Gasteiger charge is -2.15. The van der Waals surface area contributed by atoms with Crippen molar-refractivity contribution >= 4 is 11.5 Å². The Morgan fingerprint density at radius 3 is 2.35 bits per heavy atom. The maximum Gasteiger partial charge on any atom is 0.331 e. The molecule has 3 nitrogen and oxygen atoms in total. The molecule has 0 bridgehead atoms. The first-order chi connectivity index (χ1) is 11.1. The lowest BCUT2D eigenvalue weighted by molar-refractivity contribution is -0.137. The zero-order chi connectivity index (χ0) is 16.7. The van der Waals surface area contributed by atoms with Crippen molar-refractivity contribution < 1.29 is 14.3 Å². The first-order valence-electron chi connectivity index (χ1n) is 7.77. The number of esters is 1. The molecule has 2 rings (SSSR count). The van der Waals surface area contributed by atoms with Gasteiger partial charge in [0.15, 0.2) is 0 Å². The van der Waals surface area contributed by atoms with Crippen LogP contribution in [0.25, 0.3) is 5.57 Å². The molecule has 0 radical (unpaired) electrons. The van der Waals surface area contributed by atoms with Crippen LogP contribution in [0.2, 0.25) is 0 Å². The van der Waals surface area contributed by atoms with Gasteiger partial charge in [-0.15, -0.1) is 0 Å². The summed E-state index contributed by atoms with van der Waals surface area (Å²) in [4.78, 5) is 11.5. The van der Waals surface area contributed by atoms with E-state index in [0.29, 0.717) is 6.61 Å². The summed E-state index contributed by atoms with van der Waals surface area (Å²) in [6.07, 6.45) is 1.49. The smallest absolute Gasteiger partial charge is 0.331 e. The van der Waals surface area contributed by atoms with Gasteiger partial charge in [-0.3, -0.25) is 0 Å². The minimum Gasteiger partial charge on any atom is -0.486 e. The molecule has 0 fully saturated rings. The zero-order valence-electron chi connectivity index (χ0n) is 13.8. The third-order valence-corrected chi connectivity index (χ3v) is 3.51. The normalized spacial score (nSPS) is 12.6. The molecule has 1 atom stereocenters. The van der Waals surface area contributed by atoms with Gasteiger partial charge in [0.25, 0.3) is 0 Å². The minimum atomic E-state index is -0.317. The molecule has 0 saturated heterocycles. The van der Waals surface area contributed by atoms with Crippen molar-refractivity contribution in [2.75, 3.05) is 6.61 Å². The summed E-state index contributed by atoms with van der Waals surface area (Å²) >= 11 is 0. The van der Waals surface area contributed by atoms with E-state index in [4.69, 9.17) is 9.47 Å². The Kier molecular flexibility index (Phi) is 5.98. The summed E-state index contributed by atoms with van der Waals surface area (Å²) in [5.41, 5.74) is 2.97. The molecule has 23 heavy (non-hydrogen) atoms. The van der Waals surface area contributed by atoms with Crippen LogP contribution in [0.15, 0.2) is 60.7 Å². The Morgan fingerprint density at radius 1 is 1.09 bits per heavy atom. The van der Waals surface area contributed by atoms with E-state index >= 15 is 0 Å². The molecule has 3 heteroatoms. The summed E-state index contributed by atoms with van der Waals surface area (Å²) in [5, 5.41) is 0. The fourth-order valence-corrected chi connectivity index (χ4v) is 2.24. The quantitative estimate of drug-likeness (QED) is 0.568. The predicted octanol–water partition coefficient (Wildman–Crippen LogP) is 4.79. The summed E-state index contributed by atoms with van der Waals surface area (Å²) in [5.74, 6) is 0.483. The van der Waals surface area contributed by atoms with Gasteiger partial charge in [0.05, 0.1) is 6.61 Å². The van der Waals surface area contributed by atoms with Gasteiger partial charge in [0, 0.05) is 6.08 Å². The lowest BCUT2D eigenvalue weighted by atomic mass is 10.1. The molecule has 0 spiro atoms. The first kappa shape index (κ1) is 16.8. The van der Waals surface area contributed by atoms with Crippen molar-refractivity contribution in [1.29, 1.82) is 0 Å². The topological polar surface area (TPSA) is 35.5 Å². The van der Waals surface area contributed by atoms with Gasteiger partial charge in [0.2, 0.25) is 0 Å². The van der Waals surface area contributed by atoms with Gasteiger partial charge in [-0.1, -0.05) is 42.5 Å². The number of hydrogen-bond acceptors (Lipinski definition) is 3. The highest BCUT2D eigenvalue weighted by atomic mass is 16.5. The van der Waals surface area contributed by atoms with Crippen molar-refractivity contribution in [2.45, 2.75) is 26.9 Å². The number of rotatable bonds is 6. The van der Waals surface area contributed by atoms with Crippen LogP contribution >= 0.6 is 0 Å². The first-order valence-corrected chi connectivity index (χ1v) is 7.77. The molecule has 0 aliphatic rings. The maximum atomic E-state index is 11.5. The second kappa shape index (κ2) is 8.18. The number of allylic oxidation sites excluding steroid dienone is 1. The number of carbonyl (C=O) groups is 1. The third-order valence-electron chi connectivity index (χ3n) is 3.51. The van der Waals surface area contributed by atoms with E-state index in [1.165, 1.54) is 6.08 Å². The zero-order valence-corrected chi connectivity index (χ0v) is 13.8. The van der Waals surface area contributed by atoms with E-state index in [1.807, 2.05) is 68.4 Å². The van der Waals surface area contributed by atoms with E-state index in [1.54, 1.807) is 6.92 Å². The Labute approximate surface area is 137 Å². The van der Waals surface area contributed by atoms with Crippen LogP contribution in [0.1, 0.15) is 38.0 Å². The average Bonchev–Trinajstić information content (AvgIpc) is 2.56. The molecular weight excluding hydrogens is 288 g/mol. The van der Waals surface area contributed by atoms with Crippen molar-refractivity contribution in [2.24, 2.45) is 0 Å². The van der Waals surface area contributed by atoms with Crippen LogP contribution in [0.5, 0.6) is 5.75 Å². The van der Waals surface area contributed by atoms with Crippen LogP contribution in [-0.2, 0) is 9.53 Å². The minimum absolute atomic E-state index is 0.0155. The molecule has 0 aliphatic carbocycles. The van der Waals surface area contributed by atoms with Crippen molar-refractivity contribution in [3.8, 4) is 5.75 Å². The number of hydrogen-bond donors (Lipinski definition) is 0. The molecule has 0 unspecified atom stereocenters. The Morgan fingerprint density at radius 2 is 1.74 bits per heavy atom. The highest BCUT2D eigenvalue weighted by Crippen LogP contribution is 2.23. The standard InChI is InChI=1S/C20H22O3/c1-4-22-20(21)14-15(2)17-10-12-19(13-11-17)23-16(3)18-8-6-5-7-9-18/h5-14,16H,4H2,1-3H3/b15-14+/t16-/m1/s1. The number of benzene rings is 2. The Bertz CT molecular complexity index is 657. The van der Waals surface area contributed by atoms with Crippen LogP contribution in [0, 0.1) is 0 Å². The van der Waals surface area contributed by atoms with E-state index < -0.39 is 0 Å². The molecule has 0 aromatic heterocycles. The highest BCUT2D eigenvalue weighted by Gasteiger charge is 2.07. The largest absolute Gasteiger partial charge is 0.486 e. The van der Waals surface area contributed by atoms with Gasteiger partial charge < -0.3 is 9.47 Å². The van der Waals surface area contributed by atoms with Crippen molar-refractivity contribution in [3.63, 3.8) is 0 Å². The molecule has 0 N–H and O–H groups in total. The second-order valence-electron chi connectivity index (χ2n) is 5.27. The maximum absolute atomic E-state index is 11.5. The molecule has 0 heterocycles. The van der Waals surface area contributed by atoms with Crippen molar-refractivity contribution in [1.82, 2.24) is 0 Å². The van der Waals surface area contributed by atoms with Gasteiger partial charge in [0.1, 0.15) is 11.9 Å². The summed E-state index contributed by atoms with van der Waals surface area (Å²) < 4.78 is 10.9. The van der Waals surface area contributed by atoms with Gasteiger partial charge in [-0.2, -0.15) is 0 Å². The van der Waals surface area contributed by atoms with Crippen LogP contribution < -0.4 is 4.74 Å². The van der Waals surface area contributed by atoms with E-state index in [2.05, 4.69) is 0 Å². The molecule has 0 saturated carbocycles. The van der Waals surface area contributed by atoms with E-state index in [-0.39, 0.29) is 12.1 Å².